The Labute approximate surface area is 229 Å². The lowest BCUT2D eigenvalue weighted by atomic mass is 10.0. The monoisotopic (exact) mass is 520 g/mol. The molecule has 0 bridgehead atoms. The van der Waals surface area contributed by atoms with Gasteiger partial charge in [0, 0.05) is 12.8 Å². The fraction of sp³-hybridized carbons (Fsp3) is 0.818. The molecule has 0 heterocycles. The minimum atomic E-state index is -0.683. The van der Waals surface area contributed by atoms with E-state index in [4.69, 9.17) is 9.84 Å². The van der Waals surface area contributed by atoms with Crippen LogP contribution in [0, 0.1) is 0 Å². The van der Waals surface area contributed by atoms with E-state index in [9.17, 15) is 9.59 Å². The van der Waals surface area contributed by atoms with Gasteiger partial charge in [-0.25, -0.2) is 0 Å². The van der Waals surface area contributed by atoms with Crippen LogP contribution in [0.1, 0.15) is 168 Å². The Morgan fingerprint density at radius 2 is 1.11 bits per heavy atom. The van der Waals surface area contributed by atoms with Crippen LogP contribution in [0.5, 0.6) is 0 Å². The van der Waals surface area contributed by atoms with E-state index in [1.165, 1.54) is 83.5 Å². The largest absolute Gasteiger partial charge is 0.481 e. The van der Waals surface area contributed by atoms with Crippen LogP contribution in [0.3, 0.4) is 0 Å². The summed E-state index contributed by atoms with van der Waals surface area (Å²) in [4.78, 5) is 22.7. The highest BCUT2D eigenvalue weighted by molar-refractivity contribution is 5.69. The summed E-state index contributed by atoms with van der Waals surface area (Å²) in [5.41, 5.74) is 0. The van der Waals surface area contributed by atoms with Gasteiger partial charge in [-0.15, -0.1) is 0 Å². The Morgan fingerprint density at radius 3 is 1.65 bits per heavy atom. The lowest BCUT2D eigenvalue weighted by Gasteiger charge is -2.16. The van der Waals surface area contributed by atoms with E-state index >= 15 is 0 Å². The van der Waals surface area contributed by atoms with Gasteiger partial charge in [-0.2, -0.15) is 0 Å². The van der Waals surface area contributed by atoms with Gasteiger partial charge in [0.15, 0.2) is 0 Å². The molecule has 4 heteroatoms. The van der Waals surface area contributed by atoms with Crippen LogP contribution >= 0.6 is 0 Å². The van der Waals surface area contributed by atoms with Crippen LogP contribution in [-0.4, -0.2) is 23.1 Å². The van der Waals surface area contributed by atoms with Crippen LogP contribution in [-0.2, 0) is 14.3 Å². The molecule has 37 heavy (non-hydrogen) atoms. The van der Waals surface area contributed by atoms with Gasteiger partial charge >= 0.3 is 11.9 Å². The van der Waals surface area contributed by atoms with Gasteiger partial charge in [0.2, 0.25) is 0 Å². The highest BCUT2D eigenvalue weighted by Gasteiger charge is 2.12. The fourth-order valence-electron chi connectivity index (χ4n) is 4.56. The quantitative estimate of drug-likeness (QED) is 0.0633. The van der Waals surface area contributed by atoms with Gasteiger partial charge in [-0.05, 0) is 64.2 Å². The van der Waals surface area contributed by atoms with Gasteiger partial charge in [-0.1, -0.05) is 115 Å². The van der Waals surface area contributed by atoms with E-state index in [0.29, 0.717) is 12.8 Å². The Balaban J connectivity index is 3.51. The molecule has 1 atom stereocenters. The van der Waals surface area contributed by atoms with E-state index in [2.05, 4.69) is 38.2 Å². The molecule has 0 fully saturated rings. The Bertz CT molecular complexity index is 567. The number of esters is 1. The Hall–Kier alpha value is -1.58. The molecule has 216 valence electrons. The molecule has 0 aliphatic carbocycles. The third-order valence-electron chi connectivity index (χ3n) is 7.00. The second-order valence-electron chi connectivity index (χ2n) is 10.6. The zero-order valence-electron chi connectivity index (χ0n) is 24.5. The van der Waals surface area contributed by atoms with Crippen LogP contribution in [0.2, 0.25) is 0 Å². The summed E-state index contributed by atoms with van der Waals surface area (Å²) in [5, 5.41) is 8.64. The first-order valence-corrected chi connectivity index (χ1v) is 15.8. The molecular formula is C33H60O4. The van der Waals surface area contributed by atoms with Crippen LogP contribution < -0.4 is 0 Å². The van der Waals surface area contributed by atoms with Crippen molar-refractivity contribution in [2.75, 3.05) is 0 Å². The first kappa shape index (κ1) is 35.4. The van der Waals surface area contributed by atoms with Gasteiger partial charge in [0.25, 0.3) is 0 Å². The number of aliphatic carboxylic acids is 1. The topological polar surface area (TPSA) is 63.6 Å². The molecule has 0 saturated heterocycles. The maximum Gasteiger partial charge on any atom is 0.306 e. The summed E-state index contributed by atoms with van der Waals surface area (Å²) in [6, 6.07) is 0. The van der Waals surface area contributed by atoms with Gasteiger partial charge in [-0.3, -0.25) is 9.59 Å². The lowest BCUT2D eigenvalue weighted by Crippen LogP contribution is -2.17. The molecule has 0 aromatic heterocycles. The average molecular weight is 521 g/mol. The molecule has 0 aromatic carbocycles. The standard InChI is InChI=1S/C33H60O4/c1-3-5-6-7-8-9-10-11-12-13-14-18-21-24-27-30-33(36)37-31(4-2)28-25-22-19-16-15-17-20-23-26-29-32(34)35/h8-9,11-12,31H,3-7,10,13-30H2,1-2H3,(H,34,35)/b9-8-,12-11-. The van der Waals surface area contributed by atoms with Crippen LogP contribution in [0.4, 0.5) is 0 Å². The predicted molar refractivity (Wildman–Crippen MR) is 158 cm³/mol. The number of hydrogen-bond donors (Lipinski definition) is 1. The number of ether oxygens (including phenoxy) is 1. The molecule has 0 spiro atoms. The Kier molecular flexibility index (Phi) is 27.7. The molecule has 0 saturated carbocycles. The van der Waals surface area contributed by atoms with E-state index in [-0.39, 0.29) is 12.1 Å². The van der Waals surface area contributed by atoms with Gasteiger partial charge < -0.3 is 9.84 Å². The van der Waals surface area contributed by atoms with Crippen molar-refractivity contribution in [1.29, 1.82) is 0 Å². The van der Waals surface area contributed by atoms with Crippen molar-refractivity contribution in [3.8, 4) is 0 Å². The smallest absolute Gasteiger partial charge is 0.306 e. The zero-order chi connectivity index (χ0) is 27.2. The molecule has 0 aromatic rings. The molecule has 0 rings (SSSR count). The van der Waals surface area contributed by atoms with E-state index < -0.39 is 5.97 Å². The fourth-order valence-corrected chi connectivity index (χ4v) is 4.56. The molecule has 0 radical (unpaired) electrons. The molecule has 0 amide bonds. The first-order chi connectivity index (χ1) is 18.1. The van der Waals surface area contributed by atoms with Crippen molar-refractivity contribution in [3.63, 3.8) is 0 Å². The summed E-state index contributed by atoms with van der Waals surface area (Å²) in [5.74, 6) is -0.696. The predicted octanol–water partition coefficient (Wildman–Crippen LogP) is 10.5. The summed E-state index contributed by atoms with van der Waals surface area (Å²) in [6.45, 7) is 4.36. The van der Waals surface area contributed by atoms with E-state index in [1.54, 1.807) is 0 Å². The SMILES string of the molecule is CCCCC/C=C\C/C=C\CCCCCCCC(=O)OC(CC)CCCCCCCCCCCC(=O)O. The molecule has 1 unspecified atom stereocenters. The number of hydrogen-bond acceptors (Lipinski definition) is 3. The Morgan fingerprint density at radius 1 is 0.622 bits per heavy atom. The van der Waals surface area contributed by atoms with Crippen molar-refractivity contribution in [2.45, 2.75) is 174 Å². The zero-order valence-corrected chi connectivity index (χ0v) is 24.5. The van der Waals surface area contributed by atoms with E-state index in [1.807, 2.05) is 0 Å². The number of carbonyl (C=O) groups is 2. The van der Waals surface area contributed by atoms with Gasteiger partial charge in [0.1, 0.15) is 6.10 Å². The summed E-state index contributed by atoms with van der Waals surface area (Å²) < 4.78 is 5.72. The van der Waals surface area contributed by atoms with Gasteiger partial charge in [0.05, 0.1) is 0 Å². The van der Waals surface area contributed by atoms with Crippen LogP contribution in [0.15, 0.2) is 24.3 Å². The minimum absolute atomic E-state index is 0.0135. The van der Waals surface area contributed by atoms with E-state index in [0.717, 1.165) is 57.8 Å². The normalized spacial score (nSPS) is 12.5. The van der Waals surface area contributed by atoms with Crippen molar-refractivity contribution in [3.05, 3.63) is 24.3 Å². The number of carboxylic acids is 1. The molecule has 0 aliphatic rings. The number of rotatable bonds is 28. The second kappa shape index (κ2) is 29.0. The maximum atomic E-state index is 12.2. The first-order valence-electron chi connectivity index (χ1n) is 15.8. The minimum Gasteiger partial charge on any atom is -0.481 e. The summed E-state index contributed by atoms with van der Waals surface area (Å²) >= 11 is 0. The molecule has 0 aliphatic heterocycles. The number of allylic oxidation sites excluding steroid dienone is 4. The number of unbranched alkanes of at least 4 members (excludes halogenated alkanes) is 16. The average Bonchev–Trinajstić information content (AvgIpc) is 2.88. The second-order valence-corrected chi connectivity index (χ2v) is 10.6. The molecular weight excluding hydrogens is 460 g/mol. The van der Waals surface area contributed by atoms with Crippen LogP contribution in [0.25, 0.3) is 0 Å². The van der Waals surface area contributed by atoms with Crippen molar-refractivity contribution < 1.29 is 19.4 Å². The highest BCUT2D eigenvalue weighted by atomic mass is 16.5. The molecule has 1 N–H and O–H groups in total. The van der Waals surface area contributed by atoms with Crippen molar-refractivity contribution >= 4 is 11.9 Å². The third-order valence-corrected chi connectivity index (χ3v) is 7.00. The van der Waals surface area contributed by atoms with Crippen molar-refractivity contribution in [1.82, 2.24) is 0 Å². The number of carbonyl (C=O) groups excluding carboxylic acids is 1. The maximum absolute atomic E-state index is 12.2. The number of carboxylic acid groups (broad SMARTS) is 1. The van der Waals surface area contributed by atoms with Crippen molar-refractivity contribution in [2.24, 2.45) is 0 Å². The molecule has 4 nitrogen and oxygen atoms in total. The third kappa shape index (κ3) is 28.8. The summed E-state index contributed by atoms with van der Waals surface area (Å²) in [6.07, 6.45) is 35.5. The highest BCUT2D eigenvalue weighted by Crippen LogP contribution is 2.16. The lowest BCUT2D eigenvalue weighted by molar-refractivity contribution is -0.149. The summed E-state index contributed by atoms with van der Waals surface area (Å²) in [7, 11) is 0.